The van der Waals surface area contributed by atoms with Crippen LogP contribution in [0.5, 0.6) is 0 Å². The zero-order chi connectivity index (χ0) is 17.3. The van der Waals surface area contributed by atoms with Gasteiger partial charge in [-0.05, 0) is 43.2 Å². The Labute approximate surface area is 154 Å². The lowest BCUT2D eigenvalue weighted by molar-refractivity contribution is -0.131. The van der Waals surface area contributed by atoms with Crippen LogP contribution in [0.2, 0.25) is 15.1 Å². The fourth-order valence-corrected chi connectivity index (χ4v) is 2.84. The molecule has 0 bridgehead atoms. The number of anilines is 2. The molecule has 0 radical (unpaired) electrons. The van der Waals surface area contributed by atoms with E-state index in [1.54, 1.807) is 42.5 Å². The third-order valence-electron chi connectivity index (χ3n) is 3.92. The topological polar surface area (TPSA) is 58.2 Å². The Morgan fingerprint density at radius 3 is 2.04 bits per heavy atom. The summed E-state index contributed by atoms with van der Waals surface area (Å²) in [7, 11) is 0. The average molecular weight is 384 g/mol. The summed E-state index contributed by atoms with van der Waals surface area (Å²) in [5.74, 6) is -0.789. The Kier molecular flexibility index (Phi) is 4.72. The molecule has 1 fully saturated rings. The molecule has 0 unspecified atom stereocenters. The van der Waals surface area contributed by atoms with E-state index in [0.717, 1.165) is 0 Å². The minimum atomic E-state index is -1.11. The first-order valence-corrected chi connectivity index (χ1v) is 8.38. The van der Waals surface area contributed by atoms with Crippen molar-refractivity contribution in [1.29, 1.82) is 0 Å². The highest BCUT2D eigenvalue weighted by Crippen LogP contribution is 2.48. The van der Waals surface area contributed by atoms with Gasteiger partial charge < -0.3 is 10.6 Å². The van der Waals surface area contributed by atoms with E-state index < -0.39 is 11.3 Å². The summed E-state index contributed by atoms with van der Waals surface area (Å²) in [5, 5.41) is 6.62. The van der Waals surface area contributed by atoms with Crippen molar-refractivity contribution < 1.29 is 9.59 Å². The van der Waals surface area contributed by atoms with Gasteiger partial charge in [0.15, 0.2) is 0 Å². The number of hydrogen-bond acceptors (Lipinski definition) is 2. The lowest BCUT2D eigenvalue weighted by Crippen LogP contribution is -2.35. The third kappa shape index (κ3) is 3.36. The van der Waals surface area contributed by atoms with Crippen LogP contribution in [0.15, 0.2) is 42.5 Å². The Bertz CT molecular complexity index is 819. The Balaban J connectivity index is 1.75. The number of carbonyl (C=O) groups is 2. The molecule has 0 aromatic heterocycles. The second-order valence-electron chi connectivity index (χ2n) is 5.59. The molecular weight excluding hydrogens is 371 g/mol. The highest BCUT2D eigenvalue weighted by atomic mass is 35.5. The van der Waals surface area contributed by atoms with E-state index in [0.29, 0.717) is 39.3 Å². The van der Waals surface area contributed by atoms with E-state index in [2.05, 4.69) is 10.6 Å². The lowest BCUT2D eigenvalue weighted by atomic mass is 10.0. The van der Waals surface area contributed by atoms with E-state index in [1.807, 2.05) is 0 Å². The average Bonchev–Trinajstić information content (AvgIpc) is 3.35. The van der Waals surface area contributed by atoms with Crippen molar-refractivity contribution in [1.82, 2.24) is 0 Å². The smallest absolute Gasteiger partial charge is 0.240 e. The van der Waals surface area contributed by atoms with Crippen molar-refractivity contribution in [3.8, 4) is 0 Å². The molecule has 4 nitrogen and oxygen atoms in total. The normalized spacial score (nSPS) is 14.8. The predicted octanol–water partition coefficient (Wildman–Crippen LogP) is 5.00. The first kappa shape index (κ1) is 17.1. The first-order chi connectivity index (χ1) is 11.4. The van der Waals surface area contributed by atoms with Crippen LogP contribution in [-0.2, 0) is 9.59 Å². The van der Waals surface area contributed by atoms with Crippen LogP contribution in [0.1, 0.15) is 12.8 Å². The second kappa shape index (κ2) is 6.63. The molecule has 0 heterocycles. The Morgan fingerprint density at radius 1 is 0.833 bits per heavy atom. The van der Waals surface area contributed by atoms with Gasteiger partial charge in [0.1, 0.15) is 5.41 Å². The molecule has 0 aliphatic heterocycles. The van der Waals surface area contributed by atoms with Crippen LogP contribution in [0.25, 0.3) is 0 Å². The molecule has 0 spiro atoms. The molecule has 3 rings (SSSR count). The molecule has 2 amide bonds. The second-order valence-corrected chi connectivity index (χ2v) is 6.85. The monoisotopic (exact) mass is 382 g/mol. The zero-order valence-corrected chi connectivity index (χ0v) is 14.7. The number of halogens is 3. The number of nitrogens with one attached hydrogen (secondary N) is 2. The maximum absolute atomic E-state index is 12.6. The number of carbonyl (C=O) groups excluding carboxylic acids is 2. The molecule has 1 aliphatic carbocycles. The summed E-state index contributed by atoms with van der Waals surface area (Å²) >= 11 is 18.0. The zero-order valence-electron chi connectivity index (χ0n) is 12.4. The van der Waals surface area contributed by atoms with Crippen LogP contribution in [-0.4, -0.2) is 11.8 Å². The van der Waals surface area contributed by atoms with E-state index in [9.17, 15) is 9.59 Å². The first-order valence-electron chi connectivity index (χ1n) is 7.25. The summed E-state index contributed by atoms with van der Waals surface area (Å²) in [6.45, 7) is 0. The van der Waals surface area contributed by atoms with E-state index >= 15 is 0 Å². The van der Waals surface area contributed by atoms with E-state index in [1.165, 1.54) is 0 Å². The van der Waals surface area contributed by atoms with Crippen LogP contribution < -0.4 is 10.6 Å². The molecule has 0 atom stereocenters. The van der Waals surface area contributed by atoms with Crippen LogP contribution >= 0.6 is 34.8 Å². The largest absolute Gasteiger partial charge is 0.324 e. The van der Waals surface area contributed by atoms with Gasteiger partial charge in [0, 0.05) is 5.02 Å². The summed E-state index contributed by atoms with van der Waals surface area (Å²) in [6, 6.07) is 11.6. The van der Waals surface area contributed by atoms with Crippen LogP contribution in [0, 0.1) is 5.41 Å². The minimum absolute atomic E-state index is 0.357. The molecule has 24 heavy (non-hydrogen) atoms. The van der Waals surface area contributed by atoms with Gasteiger partial charge >= 0.3 is 0 Å². The van der Waals surface area contributed by atoms with Gasteiger partial charge in [0.05, 0.1) is 21.4 Å². The third-order valence-corrected chi connectivity index (χ3v) is 4.81. The van der Waals surface area contributed by atoms with Crippen LogP contribution in [0.3, 0.4) is 0 Å². The standard InChI is InChI=1S/C17H13Cl3N2O2/c18-10-5-6-12(20)14(9-10)22-16(24)17(7-8-17)15(23)21-13-4-2-1-3-11(13)19/h1-6,9H,7-8H2,(H,21,23)(H,22,24). The number of para-hydroxylation sites is 1. The predicted molar refractivity (Wildman–Crippen MR) is 96.8 cm³/mol. The van der Waals surface area contributed by atoms with Gasteiger partial charge in [0.25, 0.3) is 0 Å². The number of hydrogen-bond donors (Lipinski definition) is 2. The van der Waals surface area contributed by atoms with Crippen molar-refractivity contribution in [3.05, 3.63) is 57.5 Å². The van der Waals surface area contributed by atoms with Gasteiger partial charge in [-0.3, -0.25) is 9.59 Å². The molecule has 0 saturated heterocycles. The fourth-order valence-electron chi connectivity index (χ4n) is 2.32. The maximum Gasteiger partial charge on any atom is 0.240 e. The minimum Gasteiger partial charge on any atom is -0.324 e. The summed E-state index contributed by atoms with van der Waals surface area (Å²) in [5.41, 5.74) is -0.250. The van der Waals surface area contributed by atoms with E-state index in [-0.39, 0.29) is 5.91 Å². The van der Waals surface area contributed by atoms with Crippen LogP contribution in [0.4, 0.5) is 11.4 Å². The van der Waals surface area contributed by atoms with Crippen molar-refractivity contribution in [2.24, 2.45) is 5.41 Å². The van der Waals surface area contributed by atoms with Gasteiger partial charge in [-0.15, -0.1) is 0 Å². The van der Waals surface area contributed by atoms with Gasteiger partial charge in [-0.1, -0.05) is 46.9 Å². The molecular formula is C17H13Cl3N2O2. The highest BCUT2D eigenvalue weighted by molar-refractivity contribution is 6.36. The highest BCUT2D eigenvalue weighted by Gasteiger charge is 2.56. The summed E-state index contributed by atoms with van der Waals surface area (Å²) in [6.07, 6.45) is 0.931. The molecule has 2 aromatic carbocycles. The number of rotatable bonds is 4. The molecule has 124 valence electrons. The summed E-state index contributed by atoms with van der Waals surface area (Å²) in [4.78, 5) is 25.1. The van der Waals surface area contributed by atoms with Gasteiger partial charge in [-0.2, -0.15) is 0 Å². The fraction of sp³-hybridized carbons (Fsp3) is 0.176. The molecule has 2 aromatic rings. The van der Waals surface area contributed by atoms with Crippen molar-refractivity contribution in [2.75, 3.05) is 10.6 Å². The SMILES string of the molecule is O=C(Nc1ccccc1Cl)C1(C(=O)Nc2cc(Cl)ccc2Cl)CC1. The van der Waals surface area contributed by atoms with Gasteiger partial charge in [-0.25, -0.2) is 0 Å². The Hall–Kier alpha value is -1.75. The molecule has 1 saturated carbocycles. The van der Waals surface area contributed by atoms with Gasteiger partial charge in [0.2, 0.25) is 11.8 Å². The number of benzene rings is 2. The maximum atomic E-state index is 12.6. The summed E-state index contributed by atoms with van der Waals surface area (Å²) < 4.78 is 0. The molecule has 7 heteroatoms. The van der Waals surface area contributed by atoms with Crippen molar-refractivity contribution in [3.63, 3.8) is 0 Å². The molecule has 2 N–H and O–H groups in total. The number of amides is 2. The quantitative estimate of drug-likeness (QED) is 0.730. The molecule has 1 aliphatic rings. The van der Waals surface area contributed by atoms with Crippen molar-refractivity contribution >= 4 is 58.0 Å². The van der Waals surface area contributed by atoms with E-state index in [4.69, 9.17) is 34.8 Å². The van der Waals surface area contributed by atoms with Crippen molar-refractivity contribution in [2.45, 2.75) is 12.8 Å². The Morgan fingerprint density at radius 2 is 1.42 bits per heavy atom. The lowest BCUT2D eigenvalue weighted by Gasteiger charge is -2.16.